The maximum atomic E-state index is 8.67. The quantitative estimate of drug-likeness (QED) is 0.575. The Bertz CT molecular complexity index is 85.0. The number of rotatable bonds is 2. The van der Waals surface area contributed by atoms with Gasteiger partial charge < -0.3 is 10.0 Å². The first-order chi connectivity index (χ1) is 3.72. The van der Waals surface area contributed by atoms with Gasteiger partial charge in [-0.2, -0.15) is 0 Å². The first kappa shape index (κ1) is 12.3. The summed E-state index contributed by atoms with van der Waals surface area (Å²) in [5.41, 5.74) is 0. The van der Waals surface area contributed by atoms with E-state index in [1.165, 1.54) is 0 Å². The van der Waals surface area contributed by atoms with Crippen molar-refractivity contribution in [2.45, 2.75) is 13.8 Å². The molecule has 0 rings (SSSR count). The van der Waals surface area contributed by atoms with Crippen molar-refractivity contribution in [2.24, 2.45) is 0 Å². The van der Waals surface area contributed by atoms with Gasteiger partial charge in [-0.25, -0.2) is 0 Å². The van der Waals surface area contributed by atoms with Gasteiger partial charge in [0.1, 0.15) is 0 Å². The molecule has 0 heterocycles. The normalized spacial score (nSPS) is 7.78. The zero-order valence-electron chi connectivity index (χ0n) is 5.92. The van der Waals surface area contributed by atoms with E-state index in [2.05, 4.69) is 12.2 Å². The Morgan fingerprint density at radius 3 is 1.78 bits per heavy atom. The van der Waals surface area contributed by atoms with Crippen LogP contribution in [-0.2, 0) is 0 Å². The summed E-state index contributed by atoms with van der Waals surface area (Å²) in [6.07, 6.45) is 0. The van der Waals surface area contributed by atoms with Crippen LogP contribution < -0.4 is 0 Å². The molecule has 0 unspecified atom stereocenters. The summed E-state index contributed by atoms with van der Waals surface area (Å²) in [5, 5.41) is 8.66. The fourth-order valence-corrected chi connectivity index (χ4v) is 0.752. The predicted molar refractivity (Wildman–Crippen MR) is 46.7 cm³/mol. The van der Waals surface area contributed by atoms with Crippen molar-refractivity contribution in [3.8, 4) is 0 Å². The topological polar surface area (TPSA) is 23.5 Å². The molecule has 0 aliphatic heterocycles. The monoisotopic (exact) mass is 343 g/mol. The molecule has 0 fully saturated rings. The van der Waals surface area contributed by atoms with Crippen molar-refractivity contribution >= 4 is 44.7 Å². The van der Waals surface area contributed by atoms with E-state index in [-0.39, 0.29) is 32.5 Å². The first-order valence-corrected chi connectivity index (χ1v) is 3.11. The van der Waals surface area contributed by atoms with Crippen LogP contribution in [0.5, 0.6) is 0 Å². The van der Waals surface area contributed by atoms with Crippen molar-refractivity contribution in [3.05, 3.63) is 0 Å². The van der Waals surface area contributed by atoms with Gasteiger partial charge in [0.15, 0.2) is 0 Å². The zero-order chi connectivity index (χ0) is 6.57. The first-order valence-electron chi connectivity index (χ1n) is 2.70. The van der Waals surface area contributed by atoms with E-state index in [1.807, 2.05) is 13.8 Å². The van der Waals surface area contributed by atoms with Crippen LogP contribution in [0.1, 0.15) is 13.8 Å². The van der Waals surface area contributed by atoms with Gasteiger partial charge in [-0.1, -0.05) is 0 Å². The third-order valence-corrected chi connectivity index (χ3v) is 1.29. The molecule has 0 amide bonds. The molecule has 0 spiro atoms. The van der Waals surface area contributed by atoms with Crippen LogP contribution in [0.15, 0.2) is 0 Å². The Kier molecular flexibility index (Phi) is 9.20. The Balaban J connectivity index is 0. The number of thiocarbonyl (C=S) groups is 1. The summed E-state index contributed by atoms with van der Waals surface area (Å²) in [6.45, 7) is 5.47. The van der Waals surface area contributed by atoms with Crippen molar-refractivity contribution < 1.29 is 5.11 Å². The molecule has 0 aromatic carbocycles. The second kappa shape index (κ2) is 6.73. The summed E-state index contributed by atoms with van der Waals surface area (Å²) in [6, 6.07) is 0. The van der Waals surface area contributed by atoms with Gasteiger partial charge in [0.2, 0.25) is 0 Å². The second-order valence-corrected chi connectivity index (χ2v) is 1.82. The van der Waals surface area contributed by atoms with Gasteiger partial charge in [0, 0.05) is 13.1 Å². The van der Waals surface area contributed by atoms with E-state index in [0.29, 0.717) is 0 Å². The van der Waals surface area contributed by atoms with E-state index in [1.54, 1.807) is 4.90 Å². The molecule has 0 aliphatic rings. The fourth-order valence-electron chi connectivity index (χ4n) is 0.494. The molecule has 2 nitrogen and oxygen atoms in total. The standard InChI is InChI=1S/C5H11NOS.Pb.2H/c1-3-6(4-2)5(7)8;;;/h3-4H2,1-2H3,(H,7,8);;;. The van der Waals surface area contributed by atoms with Crippen LogP contribution in [0, 0.1) is 0 Å². The van der Waals surface area contributed by atoms with E-state index >= 15 is 0 Å². The zero-order valence-corrected chi connectivity index (χ0v) is 12.2. The van der Waals surface area contributed by atoms with Gasteiger partial charge in [-0.05, 0) is 26.1 Å². The average Bonchev–Trinajstić information content (AvgIpc) is 1.69. The Morgan fingerprint density at radius 2 is 1.78 bits per heavy atom. The minimum absolute atomic E-state index is 0. The van der Waals surface area contributed by atoms with Crippen LogP contribution in [0.2, 0.25) is 0 Å². The summed E-state index contributed by atoms with van der Waals surface area (Å²) < 4.78 is 0. The number of aliphatic hydroxyl groups excluding tert-OH is 1. The fraction of sp³-hybridized carbons (Fsp3) is 0.800. The number of nitrogens with zero attached hydrogens (tertiary/aromatic N) is 1. The van der Waals surface area contributed by atoms with Crippen molar-refractivity contribution in [3.63, 3.8) is 0 Å². The van der Waals surface area contributed by atoms with Crippen LogP contribution in [0.25, 0.3) is 0 Å². The Labute approximate surface area is 81.4 Å². The summed E-state index contributed by atoms with van der Waals surface area (Å²) in [7, 11) is 0. The second-order valence-electron chi connectivity index (χ2n) is 1.45. The third kappa shape index (κ3) is 5.08. The molecule has 2 radical (unpaired) electrons. The molecule has 54 valence electrons. The molecule has 0 aliphatic carbocycles. The van der Waals surface area contributed by atoms with Crippen LogP contribution in [0.3, 0.4) is 0 Å². The van der Waals surface area contributed by atoms with Gasteiger partial charge in [-0.15, -0.1) is 0 Å². The Morgan fingerprint density at radius 1 is 1.44 bits per heavy atom. The summed E-state index contributed by atoms with van der Waals surface area (Å²) in [5.74, 6) is 0. The van der Waals surface area contributed by atoms with E-state index in [0.717, 1.165) is 13.1 Å². The average molecular weight is 342 g/mol. The third-order valence-electron chi connectivity index (χ3n) is 1.03. The number of hydrogen-bond acceptors (Lipinski definition) is 1. The molecule has 0 aromatic rings. The summed E-state index contributed by atoms with van der Waals surface area (Å²) in [4.78, 5) is 1.70. The van der Waals surface area contributed by atoms with Gasteiger partial charge in [-0.3, -0.25) is 0 Å². The van der Waals surface area contributed by atoms with Gasteiger partial charge >= 0.3 is 27.3 Å². The van der Waals surface area contributed by atoms with Crippen LogP contribution >= 0.6 is 12.2 Å². The molecule has 9 heavy (non-hydrogen) atoms. The van der Waals surface area contributed by atoms with E-state index in [4.69, 9.17) is 5.11 Å². The van der Waals surface area contributed by atoms with Crippen LogP contribution in [-0.4, -0.2) is 55.6 Å². The number of hydrogen-bond donors (Lipinski definition) is 1. The molecular formula is C5H13NOPbS. The molecule has 0 aromatic heterocycles. The molecule has 0 bridgehead atoms. The molecular weight excluding hydrogens is 329 g/mol. The van der Waals surface area contributed by atoms with Gasteiger partial charge in [0.25, 0.3) is 5.17 Å². The minimum atomic E-state index is -0.00463. The van der Waals surface area contributed by atoms with Crippen molar-refractivity contribution in [2.75, 3.05) is 13.1 Å². The molecule has 0 saturated carbocycles. The molecule has 0 saturated heterocycles. The molecule has 1 N–H and O–H groups in total. The Hall–Kier alpha value is 0.612. The predicted octanol–water partition coefficient (Wildman–Crippen LogP) is 0.255. The molecule has 0 atom stereocenters. The summed E-state index contributed by atoms with van der Waals surface area (Å²) >= 11 is 4.50. The van der Waals surface area contributed by atoms with Gasteiger partial charge in [0.05, 0.1) is 0 Å². The van der Waals surface area contributed by atoms with Crippen LogP contribution in [0.4, 0.5) is 0 Å². The molecule has 4 heteroatoms. The van der Waals surface area contributed by atoms with E-state index < -0.39 is 0 Å². The maximum absolute atomic E-state index is 8.67. The van der Waals surface area contributed by atoms with E-state index in [9.17, 15) is 0 Å². The number of aliphatic hydroxyl groups is 1. The van der Waals surface area contributed by atoms with Crippen molar-refractivity contribution in [1.29, 1.82) is 0 Å². The SMILES string of the molecule is CCN(CC)C(O)=S.[PbH2]. The van der Waals surface area contributed by atoms with Crippen molar-refractivity contribution in [1.82, 2.24) is 4.90 Å².